The number of ether oxygens (including phenoxy) is 1. The predicted octanol–water partition coefficient (Wildman–Crippen LogP) is 1.97. The molecule has 0 saturated carbocycles. The molecule has 0 N–H and O–H groups in total. The maximum absolute atomic E-state index is 11.8. The number of nitrogens with zero attached hydrogens (tertiary/aromatic N) is 1. The lowest BCUT2D eigenvalue weighted by atomic mass is 10.0. The molecular formula is C11H19NO3. The van der Waals surface area contributed by atoms with E-state index < -0.39 is 17.2 Å². The van der Waals surface area contributed by atoms with Crippen molar-refractivity contribution < 1.29 is 14.3 Å². The molecule has 4 nitrogen and oxygen atoms in total. The van der Waals surface area contributed by atoms with Crippen molar-refractivity contribution in [3.63, 3.8) is 0 Å². The van der Waals surface area contributed by atoms with Gasteiger partial charge in [0.25, 0.3) is 0 Å². The van der Waals surface area contributed by atoms with Crippen LogP contribution in [0.1, 0.15) is 41.0 Å². The van der Waals surface area contributed by atoms with E-state index >= 15 is 0 Å². The van der Waals surface area contributed by atoms with E-state index in [4.69, 9.17) is 4.74 Å². The first-order valence-corrected chi connectivity index (χ1v) is 5.18. The summed E-state index contributed by atoms with van der Waals surface area (Å²) in [6.07, 6.45) is 0.0186. The largest absolute Gasteiger partial charge is 0.444 e. The van der Waals surface area contributed by atoms with Crippen molar-refractivity contribution in [2.75, 3.05) is 6.54 Å². The van der Waals surface area contributed by atoms with Crippen LogP contribution in [-0.4, -0.2) is 34.5 Å². The van der Waals surface area contributed by atoms with Crippen LogP contribution in [0, 0.1) is 0 Å². The van der Waals surface area contributed by atoms with Crippen molar-refractivity contribution in [3.05, 3.63) is 0 Å². The van der Waals surface area contributed by atoms with Crippen LogP contribution in [0.2, 0.25) is 0 Å². The highest BCUT2D eigenvalue weighted by atomic mass is 16.6. The fourth-order valence-electron chi connectivity index (χ4n) is 1.59. The van der Waals surface area contributed by atoms with E-state index in [1.165, 1.54) is 4.90 Å². The van der Waals surface area contributed by atoms with Crippen LogP contribution in [0.4, 0.5) is 4.79 Å². The summed E-state index contributed by atoms with van der Waals surface area (Å²) in [6.45, 7) is 9.42. The summed E-state index contributed by atoms with van der Waals surface area (Å²) in [5.74, 6) is 0.0911. The summed E-state index contributed by atoms with van der Waals surface area (Å²) in [5, 5.41) is 0. The number of Topliss-reactive ketones (excluding diaryl/α,β-unsaturated/α-hetero) is 1. The van der Waals surface area contributed by atoms with Gasteiger partial charge >= 0.3 is 6.09 Å². The van der Waals surface area contributed by atoms with Gasteiger partial charge in [-0.25, -0.2) is 4.79 Å². The van der Waals surface area contributed by atoms with Gasteiger partial charge in [0.2, 0.25) is 0 Å². The molecule has 1 saturated heterocycles. The molecule has 0 aromatic heterocycles. The Hall–Kier alpha value is -1.06. The zero-order valence-corrected chi connectivity index (χ0v) is 10.1. The van der Waals surface area contributed by atoms with E-state index in [1.54, 1.807) is 13.8 Å². The van der Waals surface area contributed by atoms with Gasteiger partial charge in [-0.1, -0.05) is 0 Å². The molecule has 1 amide bonds. The highest BCUT2D eigenvalue weighted by Gasteiger charge is 2.44. The molecule has 1 rings (SSSR count). The molecule has 1 aliphatic rings. The van der Waals surface area contributed by atoms with E-state index in [-0.39, 0.29) is 5.78 Å². The summed E-state index contributed by atoms with van der Waals surface area (Å²) in [5.41, 5.74) is -1.23. The van der Waals surface area contributed by atoms with Gasteiger partial charge < -0.3 is 4.74 Å². The Morgan fingerprint density at radius 3 is 2.27 bits per heavy atom. The van der Waals surface area contributed by atoms with Gasteiger partial charge in [0.1, 0.15) is 5.60 Å². The minimum Gasteiger partial charge on any atom is -0.444 e. The highest BCUT2D eigenvalue weighted by molar-refractivity contribution is 5.93. The fourth-order valence-corrected chi connectivity index (χ4v) is 1.59. The third kappa shape index (κ3) is 2.49. The zero-order valence-electron chi connectivity index (χ0n) is 10.1. The second-order valence-corrected chi connectivity index (χ2v) is 5.36. The topological polar surface area (TPSA) is 46.6 Å². The van der Waals surface area contributed by atoms with Crippen molar-refractivity contribution in [1.29, 1.82) is 0 Å². The van der Waals surface area contributed by atoms with Crippen molar-refractivity contribution in [1.82, 2.24) is 4.90 Å². The second kappa shape index (κ2) is 3.51. The molecule has 1 heterocycles. The molecule has 0 bridgehead atoms. The number of hydrogen-bond donors (Lipinski definition) is 0. The van der Waals surface area contributed by atoms with Gasteiger partial charge in [0.05, 0.1) is 5.54 Å². The molecule has 0 radical (unpaired) electrons. The fraction of sp³-hybridized carbons (Fsp3) is 0.818. The second-order valence-electron chi connectivity index (χ2n) is 5.36. The van der Waals surface area contributed by atoms with Crippen LogP contribution in [-0.2, 0) is 9.53 Å². The average Bonchev–Trinajstić information content (AvgIpc) is 2.23. The SMILES string of the molecule is CC(C)(C)OC(=O)N1CCC(=O)C1(C)C. The Labute approximate surface area is 90.6 Å². The van der Waals surface area contributed by atoms with E-state index in [2.05, 4.69) is 0 Å². The van der Waals surface area contributed by atoms with Gasteiger partial charge in [-0.3, -0.25) is 9.69 Å². The maximum atomic E-state index is 11.8. The van der Waals surface area contributed by atoms with Crippen LogP contribution >= 0.6 is 0 Å². The van der Waals surface area contributed by atoms with Gasteiger partial charge in [-0.05, 0) is 34.6 Å². The monoisotopic (exact) mass is 213 g/mol. The lowest BCUT2D eigenvalue weighted by Gasteiger charge is -2.32. The summed E-state index contributed by atoms with van der Waals surface area (Å²) >= 11 is 0. The Bertz CT molecular complexity index is 289. The lowest BCUT2D eigenvalue weighted by molar-refractivity contribution is -0.123. The van der Waals surface area contributed by atoms with Crippen molar-refractivity contribution in [2.45, 2.75) is 52.2 Å². The normalized spacial score (nSPS) is 20.6. The predicted molar refractivity (Wildman–Crippen MR) is 56.6 cm³/mol. The Kier molecular flexibility index (Phi) is 2.81. The minimum atomic E-state index is -0.720. The van der Waals surface area contributed by atoms with Crippen LogP contribution in [0.15, 0.2) is 0 Å². The van der Waals surface area contributed by atoms with E-state index in [1.807, 2.05) is 20.8 Å². The number of likely N-dealkylation sites (tertiary alicyclic amines) is 1. The molecule has 0 unspecified atom stereocenters. The molecule has 4 heteroatoms. The Morgan fingerprint density at radius 1 is 1.40 bits per heavy atom. The summed E-state index contributed by atoms with van der Waals surface area (Å²) in [6, 6.07) is 0. The van der Waals surface area contributed by atoms with Gasteiger partial charge in [0, 0.05) is 13.0 Å². The first-order chi connectivity index (χ1) is 6.64. The standard InChI is InChI=1S/C11H19NO3/c1-10(2,3)15-9(14)12-7-6-8(13)11(12,4)5/h6-7H2,1-5H3. The van der Waals surface area contributed by atoms with E-state index in [0.717, 1.165) is 0 Å². The van der Waals surface area contributed by atoms with Crippen molar-refractivity contribution in [2.24, 2.45) is 0 Å². The number of carbonyl (C=O) groups excluding carboxylic acids is 2. The molecule has 0 aromatic rings. The van der Waals surface area contributed by atoms with Gasteiger partial charge in [0.15, 0.2) is 5.78 Å². The first-order valence-electron chi connectivity index (χ1n) is 5.18. The Morgan fingerprint density at radius 2 is 1.93 bits per heavy atom. The van der Waals surface area contributed by atoms with Crippen molar-refractivity contribution in [3.8, 4) is 0 Å². The molecule has 0 aromatic carbocycles. The third-order valence-corrected chi connectivity index (χ3v) is 2.53. The zero-order chi connectivity index (χ0) is 11.9. The highest BCUT2D eigenvalue weighted by Crippen LogP contribution is 2.26. The summed E-state index contributed by atoms with van der Waals surface area (Å²) in [7, 11) is 0. The van der Waals surface area contributed by atoms with E-state index in [9.17, 15) is 9.59 Å². The van der Waals surface area contributed by atoms with E-state index in [0.29, 0.717) is 13.0 Å². The minimum absolute atomic E-state index is 0.0911. The number of rotatable bonds is 0. The number of hydrogen-bond acceptors (Lipinski definition) is 3. The third-order valence-electron chi connectivity index (χ3n) is 2.53. The molecule has 15 heavy (non-hydrogen) atoms. The Balaban J connectivity index is 2.74. The summed E-state index contributed by atoms with van der Waals surface area (Å²) < 4.78 is 5.24. The molecule has 1 fully saturated rings. The number of ketones is 1. The first kappa shape index (κ1) is 12.0. The number of amides is 1. The molecule has 1 aliphatic heterocycles. The molecular weight excluding hydrogens is 194 g/mol. The lowest BCUT2D eigenvalue weighted by Crippen LogP contribution is -2.48. The van der Waals surface area contributed by atoms with Crippen LogP contribution < -0.4 is 0 Å². The smallest absolute Gasteiger partial charge is 0.411 e. The maximum Gasteiger partial charge on any atom is 0.411 e. The van der Waals surface area contributed by atoms with Gasteiger partial charge in [-0.15, -0.1) is 0 Å². The van der Waals surface area contributed by atoms with Crippen LogP contribution in [0.25, 0.3) is 0 Å². The van der Waals surface area contributed by atoms with Crippen LogP contribution in [0.5, 0.6) is 0 Å². The van der Waals surface area contributed by atoms with Crippen molar-refractivity contribution >= 4 is 11.9 Å². The number of carbonyl (C=O) groups is 2. The van der Waals surface area contributed by atoms with Gasteiger partial charge in [-0.2, -0.15) is 0 Å². The molecule has 86 valence electrons. The molecule has 0 aliphatic carbocycles. The molecule has 0 atom stereocenters. The summed E-state index contributed by atoms with van der Waals surface area (Å²) in [4.78, 5) is 24.8. The van der Waals surface area contributed by atoms with Crippen LogP contribution in [0.3, 0.4) is 0 Å². The average molecular weight is 213 g/mol. The molecule has 0 spiro atoms. The quantitative estimate of drug-likeness (QED) is 0.618.